The summed E-state index contributed by atoms with van der Waals surface area (Å²) < 4.78 is 5.54. The number of aromatic nitrogens is 2. The Morgan fingerprint density at radius 1 is 1.00 bits per heavy atom. The average molecular weight is 519 g/mol. The van der Waals surface area contributed by atoms with E-state index in [0.717, 1.165) is 69.9 Å². The number of ether oxygens (including phenoxy) is 1. The number of nitrogens with one attached hydrogen (secondary N) is 1. The largest absolute Gasteiger partial charge is 0.495 e. The Morgan fingerprint density at radius 3 is 2.50 bits per heavy atom. The normalized spacial score (nSPS) is 14.2. The van der Waals surface area contributed by atoms with Gasteiger partial charge in [0, 0.05) is 46.4 Å². The van der Waals surface area contributed by atoms with Gasteiger partial charge in [-0.3, -0.25) is 0 Å². The molecular formula is C29H28Cl2N4O. The molecule has 1 N–H and O–H groups in total. The van der Waals surface area contributed by atoms with E-state index in [4.69, 9.17) is 37.9 Å². The number of halogens is 2. The number of nitrogens with zero attached hydrogens (tertiary/aromatic N) is 3. The van der Waals surface area contributed by atoms with Gasteiger partial charge >= 0.3 is 0 Å². The fourth-order valence-corrected chi connectivity index (χ4v) is 5.30. The number of methoxy groups -OCH3 is 1. The fraction of sp³-hybridized carbons (Fsp3) is 0.241. The number of hydrogen-bond acceptors (Lipinski definition) is 5. The molecule has 0 radical (unpaired) electrons. The van der Waals surface area contributed by atoms with E-state index in [1.807, 2.05) is 61.5 Å². The van der Waals surface area contributed by atoms with E-state index in [1.54, 1.807) is 7.11 Å². The lowest BCUT2D eigenvalue weighted by Crippen LogP contribution is -2.38. The number of rotatable bonds is 6. The number of anilines is 1. The molecule has 2 heterocycles. The summed E-state index contributed by atoms with van der Waals surface area (Å²) >= 11 is 12.7. The molecule has 1 aliphatic rings. The zero-order valence-electron chi connectivity index (χ0n) is 20.4. The molecule has 0 saturated carbocycles. The highest BCUT2D eigenvalue weighted by Gasteiger charge is 2.22. The second kappa shape index (κ2) is 10.4. The number of fused-ring (bicyclic) bond motifs is 1. The van der Waals surface area contributed by atoms with Crippen LogP contribution in [0.1, 0.15) is 24.1 Å². The SMILES string of the molecule is C=C(c1ccccc1Cl)N1CCC(Nc2nc(C)c3cc(-c4cccc(Cl)c4OC)ccc3n2)CC1. The Morgan fingerprint density at radius 2 is 1.75 bits per heavy atom. The number of likely N-dealkylation sites (tertiary alicyclic amines) is 1. The molecule has 5 nitrogen and oxygen atoms in total. The zero-order chi connectivity index (χ0) is 25.2. The van der Waals surface area contributed by atoms with Crippen LogP contribution in [-0.4, -0.2) is 41.1 Å². The van der Waals surface area contributed by atoms with Crippen molar-refractivity contribution in [2.24, 2.45) is 0 Å². The van der Waals surface area contributed by atoms with Crippen molar-refractivity contribution in [2.45, 2.75) is 25.8 Å². The summed E-state index contributed by atoms with van der Waals surface area (Å²) in [6, 6.07) is 20.1. The van der Waals surface area contributed by atoms with Crippen LogP contribution in [0, 0.1) is 6.92 Å². The number of piperidine rings is 1. The van der Waals surface area contributed by atoms with Gasteiger partial charge in [0.2, 0.25) is 5.95 Å². The molecule has 7 heteroatoms. The summed E-state index contributed by atoms with van der Waals surface area (Å²) in [7, 11) is 1.63. The van der Waals surface area contributed by atoms with Crippen LogP contribution in [0.5, 0.6) is 5.75 Å². The van der Waals surface area contributed by atoms with E-state index in [0.29, 0.717) is 22.8 Å². The second-order valence-corrected chi connectivity index (χ2v) is 9.83. The van der Waals surface area contributed by atoms with Crippen LogP contribution in [0.25, 0.3) is 27.7 Å². The maximum atomic E-state index is 6.37. The van der Waals surface area contributed by atoms with Crippen molar-refractivity contribution >= 4 is 45.8 Å². The van der Waals surface area contributed by atoms with Gasteiger partial charge in [0.15, 0.2) is 0 Å². The Bertz CT molecular complexity index is 1430. The quantitative estimate of drug-likeness (QED) is 0.286. The van der Waals surface area contributed by atoms with Crippen molar-refractivity contribution in [1.82, 2.24) is 14.9 Å². The molecule has 0 atom stereocenters. The third-order valence-corrected chi connectivity index (χ3v) is 7.39. The number of aryl methyl sites for hydroxylation is 1. The number of hydrogen-bond donors (Lipinski definition) is 1. The minimum Gasteiger partial charge on any atom is -0.495 e. The van der Waals surface area contributed by atoms with Gasteiger partial charge in [-0.05, 0) is 49.6 Å². The highest BCUT2D eigenvalue weighted by molar-refractivity contribution is 6.32. The summed E-state index contributed by atoms with van der Waals surface area (Å²) in [5.41, 5.74) is 5.76. The Hall–Kier alpha value is -3.28. The van der Waals surface area contributed by atoms with E-state index in [-0.39, 0.29) is 0 Å². The maximum absolute atomic E-state index is 6.37. The third-order valence-electron chi connectivity index (χ3n) is 6.76. The van der Waals surface area contributed by atoms with E-state index in [9.17, 15) is 0 Å². The standard InChI is InChI=1S/C29H28Cl2N4O/c1-18-24-17-20(23-8-6-10-26(31)28(23)36-3)11-12-27(24)34-29(32-18)33-21-13-15-35(16-14-21)19(2)22-7-4-5-9-25(22)30/h4-12,17,21H,2,13-16H2,1,3H3,(H,32,33,34). The first kappa shape index (κ1) is 24.4. The molecule has 4 aromatic rings. The van der Waals surface area contributed by atoms with Crippen LogP contribution >= 0.6 is 23.2 Å². The molecular weight excluding hydrogens is 491 g/mol. The molecule has 0 bridgehead atoms. The highest BCUT2D eigenvalue weighted by Crippen LogP contribution is 2.37. The lowest BCUT2D eigenvalue weighted by molar-refractivity contribution is 0.309. The first-order valence-corrected chi connectivity index (χ1v) is 12.8. The summed E-state index contributed by atoms with van der Waals surface area (Å²) in [4.78, 5) is 11.9. The van der Waals surface area contributed by atoms with Crippen LogP contribution in [-0.2, 0) is 0 Å². The fourth-order valence-electron chi connectivity index (χ4n) is 4.80. The highest BCUT2D eigenvalue weighted by atomic mass is 35.5. The van der Waals surface area contributed by atoms with Gasteiger partial charge in [0.05, 0.1) is 23.3 Å². The van der Waals surface area contributed by atoms with Crippen molar-refractivity contribution in [1.29, 1.82) is 0 Å². The molecule has 0 amide bonds. The van der Waals surface area contributed by atoms with E-state index >= 15 is 0 Å². The molecule has 5 rings (SSSR count). The predicted molar refractivity (Wildman–Crippen MR) is 150 cm³/mol. The summed E-state index contributed by atoms with van der Waals surface area (Å²) in [6.45, 7) is 8.11. The van der Waals surface area contributed by atoms with Gasteiger partial charge in [-0.2, -0.15) is 0 Å². The Balaban J connectivity index is 1.30. The maximum Gasteiger partial charge on any atom is 0.223 e. The molecule has 1 saturated heterocycles. The minimum atomic E-state index is 0.298. The van der Waals surface area contributed by atoms with E-state index < -0.39 is 0 Å². The molecule has 184 valence electrons. The molecule has 1 fully saturated rings. The Labute approximate surface area is 221 Å². The summed E-state index contributed by atoms with van der Waals surface area (Å²) in [6.07, 6.45) is 1.94. The predicted octanol–water partition coefficient (Wildman–Crippen LogP) is 7.47. The summed E-state index contributed by atoms with van der Waals surface area (Å²) in [5, 5.41) is 5.88. The van der Waals surface area contributed by atoms with E-state index in [1.165, 1.54) is 0 Å². The number of para-hydroxylation sites is 1. The van der Waals surface area contributed by atoms with Gasteiger partial charge in [-0.15, -0.1) is 0 Å². The summed E-state index contributed by atoms with van der Waals surface area (Å²) in [5.74, 6) is 1.33. The minimum absolute atomic E-state index is 0.298. The van der Waals surface area contributed by atoms with Crippen molar-refractivity contribution in [3.8, 4) is 16.9 Å². The van der Waals surface area contributed by atoms with Crippen molar-refractivity contribution in [2.75, 3.05) is 25.5 Å². The lowest BCUT2D eigenvalue weighted by atomic mass is 10.0. The first-order valence-electron chi connectivity index (χ1n) is 12.0. The van der Waals surface area contributed by atoms with Crippen molar-refractivity contribution in [3.05, 3.63) is 88.5 Å². The van der Waals surface area contributed by atoms with Crippen molar-refractivity contribution < 1.29 is 4.74 Å². The smallest absolute Gasteiger partial charge is 0.223 e. The first-order chi connectivity index (χ1) is 17.4. The van der Waals surface area contributed by atoms with Crippen LogP contribution in [0.4, 0.5) is 5.95 Å². The van der Waals surface area contributed by atoms with Crippen LogP contribution in [0.15, 0.2) is 67.2 Å². The second-order valence-electron chi connectivity index (χ2n) is 9.02. The molecule has 0 spiro atoms. The van der Waals surface area contributed by atoms with Gasteiger partial charge < -0.3 is 15.0 Å². The molecule has 1 aromatic heterocycles. The van der Waals surface area contributed by atoms with Crippen molar-refractivity contribution in [3.63, 3.8) is 0 Å². The molecule has 36 heavy (non-hydrogen) atoms. The van der Waals surface area contributed by atoms with Crippen LogP contribution in [0.3, 0.4) is 0 Å². The topological polar surface area (TPSA) is 50.3 Å². The molecule has 0 unspecified atom stereocenters. The van der Waals surface area contributed by atoms with Crippen LogP contribution < -0.4 is 10.1 Å². The zero-order valence-corrected chi connectivity index (χ0v) is 21.9. The molecule has 1 aliphatic heterocycles. The van der Waals surface area contributed by atoms with E-state index in [2.05, 4.69) is 22.9 Å². The van der Waals surface area contributed by atoms with Gasteiger partial charge in [-0.1, -0.05) is 66.2 Å². The third kappa shape index (κ3) is 4.86. The molecule has 3 aromatic carbocycles. The number of benzene rings is 3. The van der Waals surface area contributed by atoms with Crippen LogP contribution in [0.2, 0.25) is 10.0 Å². The van der Waals surface area contributed by atoms with Gasteiger partial charge in [0.25, 0.3) is 0 Å². The monoisotopic (exact) mass is 518 g/mol. The lowest BCUT2D eigenvalue weighted by Gasteiger charge is -2.35. The molecule has 0 aliphatic carbocycles. The Kier molecular flexibility index (Phi) is 7.04. The average Bonchev–Trinajstić information content (AvgIpc) is 2.89. The van der Waals surface area contributed by atoms with Gasteiger partial charge in [-0.25, -0.2) is 9.97 Å². The van der Waals surface area contributed by atoms with Gasteiger partial charge in [0.1, 0.15) is 5.75 Å².